The number of nitrogens with one attached hydrogen (secondary N) is 1. The fraction of sp³-hybridized carbons (Fsp3) is 0.292. The van der Waals surface area contributed by atoms with Gasteiger partial charge < -0.3 is 9.88 Å². The summed E-state index contributed by atoms with van der Waals surface area (Å²) in [5.74, 6) is 1.32. The third-order valence-corrected chi connectivity index (χ3v) is 5.90. The lowest BCUT2D eigenvalue weighted by Gasteiger charge is -2.11. The Hall–Kier alpha value is -3.88. The van der Waals surface area contributed by atoms with Crippen LogP contribution in [0.1, 0.15) is 48.1 Å². The van der Waals surface area contributed by atoms with E-state index >= 15 is 0 Å². The number of benzene rings is 1. The largest absolute Gasteiger partial charge is 0.319 e. The van der Waals surface area contributed by atoms with Crippen LogP contribution in [0.4, 0.5) is 10.1 Å². The van der Waals surface area contributed by atoms with E-state index in [1.807, 2.05) is 25.1 Å². The van der Waals surface area contributed by atoms with Crippen molar-refractivity contribution in [3.05, 3.63) is 71.7 Å². The van der Waals surface area contributed by atoms with E-state index in [0.717, 1.165) is 38.1 Å². The van der Waals surface area contributed by atoms with Gasteiger partial charge in [0.1, 0.15) is 11.6 Å². The standard InChI is InChI=1S/C24H24FN7O/c1-2-20-17(15-27-32(20)21-8-5-6-12-26-21)24(33)28-19-14-16(10-11-18(19)25)23-30-29-22-9-4-3-7-13-31(22)23/h5-6,8,10-12,14-15H,2-4,7,9,13H2,1H3,(H,28,33). The Balaban J connectivity index is 1.44. The third kappa shape index (κ3) is 4.02. The number of carbonyl (C=O) groups excluding carboxylic acids is 1. The molecule has 0 unspecified atom stereocenters. The van der Waals surface area contributed by atoms with Crippen LogP contribution >= 0.6 is 0 Å². The summed E-state index contributed by atoms with van der Waals surface area (Å²) in [6, 6.07) is 10.1. The van der Waals surface area contributed by atoms with Crippen molar-refractivity contribution < 1.29 is 9.18 Å². The van der Waals surface area contributed by atoms with Gasteiger partial charge in [-0.1, -0.05) is 19.4 Å². The van der Waals surface area contributed by atoms with Gasteiger partial charge in [-0.25, -0.2) is 14.1 Å². The van der Waals surface area contributed by atoms with Crippen LogP contribution in [0.5, 0.6) is 0 Å². The average molecular weight is 446 g/mol. The number of halogens is 1. The summed E-state index contributed by atoms with van der Waals surface area (Å²) in [6.07, 6.45) is 7.91. The summed E-state index contributed by atoms with van der Waals surface area (Å²) in [5, 5.41) is 15.7. The van der Waals surface area contributed by atoms with Gasteiger partial charge in [-0.2, -0.15) is 5.10 Å². The van der Waals surface area contributed by atoms with E-state index in [0.29, 0.717) is 34.9 Å². The van der Waals surface area contributed by atoms with Crippen LogP contribution in [0, 0.1) is 5.82 Å². The Kier molecular flexibility index (Phi) is 5.68. The molecular weight excluding hydrogens is 421 g/mol. The highest BCUT2D eigenvalue weighted by Gasteiger charge is 2.21. The molecule has 0 fully saturated rings. The molecular formula is C24H24FN7O. The molecule has 0 saturated heterocycles. The summed E-state index contributed by atoms with van der Waals surface area (Å²) in [7, 11) is 0. The topological polar surface area (TPSA) is 90.5 Å². The number of amides is 1. The Morgan fingerprint density at radius 2 is 2.06 bits per heavy atom. The molecule has 1 amide bonds. The molecule has 1 aliphatic heterocycles. The van der Waals surface area contributed by atoms with Crippen molar-refractivity contribution in [2.75, 3.05) is 5.32 Å². The molecule has 33 heavy (non-hydrogen) atoms. The van der Waals surface area contributed by atoms with Gasteiger partial charge in [0.05, 0.1) is 23.1 Å². The monoisotopic (exact) mass is 445 g/mol. The van der Waals surface area contributed by atoms with Crippen LogP contribution in [0.25, 0.3) is 17.2 Å². The molecule has 9 heteroatoms. The summed E-state index contributed by atoms with van der Waals surface area (Å²) < 4.78 is 18.4. The number of fused-ring (bicyclic) bond motifs is 1. The van der Waals surface area contributed by atoms with Crippen LogP contribution in [-0.2, 0) is 19.4 Å². The number of hydrogen-bond donors (Lipinski definition) is 1. The molecule has 0 aliphatic carbocycles. The molecule has 0 atom stereocenters. The maximum Gasteiger partial charge on any atom is 0.259 e. The van der Waals surface area contributed by atoms with Gasteiger partial charge in [-0.3, -0.25) is 4.79 Å². The van der Waals surface area contributed by atoms with Gasteiger partial charge in [-0.05, 0) is 49.6 Å². The van der Waals surface area contributed by atoms with Gasteiger partial charge in [0.2, 0.25) is 0 Å². The van der Waals surface area contributed by atoms with Crippen molar-refractivity contribution in [2.24, 2.45) is 0 Å². The van der Waals surface area contributed by atoms with Crippen LogP contribution in [-0.4, -0.2) is 35.4 Å². The van der Waals surface area contributed by atoms with Gasteiger partial charge in [0, 0.05) is 24.7 Å². The molecule has 1 aromatic carbocycles. The lowest BCUT2D eigenvalue weighted by atomic mass is 10.1. The molecule has 0 bridgehead atoms. The smallest absolute Gasteiger partial charge is 0.259 e. The van der Waals surface area contributed by atoms with E-state index in [2.05, 4.69) is 30.2 Å². The van der Waals surface area contributed by atoms with E-state index in [1.54, 1.807) is 23.0 Å². The van der Waals surface area contributed by atoms with Crippen LogP contribution in [0.3, 0.4) is 0 Å². The number of hydrogen-bond acceptors (Lipinski definition) is 5. The highest BCUT2D eigenvalue weighted by molar-refractivity contribution is 6.05. The number of nitrogens with zero attached hydrogens (tertiary/aromatic N) is 6. The van der Waals surface area contributed by atoms with Gasteiger partial charge in [0.15, 0.2) is 11.6 Å². The normalized spacial score (nSPS) is 13.4. The molecule has 1 aliphatic rings. The van der Waals surface area contributed by atoms with Crippen molar-refractivity contribution in [1.82, 2.24) is 29.5 Å². The first-order valence-electron chi connectivity index (χ1n) is 11.2. The zero-order valence-corrected chi connectivity index (χ0v) is 18.3. The van der Waals surface area contributed by atoms with Crippen molar-refractivity contribution in [2.45, 2.75) is 45.6 Å². The number of pyridine rings is 1. The fourth-order valence-electron chi connectivity index (χ4n) is 4.23. The predicted octanol–water partition coefficient (Wildman–Crippen LogP) is 4.21. The van der Waals surface area contributed by atoms with E-state index in [1.165, 1.54) is 12.3 Å². The fourth-order valence-corrected chi connectivity index (χ4v) is 4.23. The Morgan fingerprint density at radius 3 is 2.88 bits per heavy atom. The van der Waals surface area contributed by atoms with Crippen LogP contribution in [0.2, 0.25) is 0 Å². The highest BCUT2D eigenvalue weighted by atomic mass is 19.1. The number of aryl methyl sites for hydroxylation is 1. The van der Waals surface area contributed by atoms with Crippen molar-refractivity contribution in [3.63, 3.8) is 0 Å². The van der Waals surface area contributed by atoms with Crippen LogP contribution in [0.15, 0.2) is 48.8 Å². The second kappa shape index (κ2) is 8.93. The zero-order chi connectivity index (χ0) is 22.8. The van der Waals surface area contributed by atoms with E-state index in [4.69, 9.17) is 0 Å². The second-order valence-corrected chi connectivity index (χ2v) is 8.01. The summed E-state index contributed by atoms with van der Waals surface area (Å²) >= 11 is 0. The summed E-state index contributed by atoms with van der Waals surface area (Å²) in [6.45, 7) is 2.77. The number of rotatable bonds is 5. The zero-order valence-electron chi connectivity index (χ0n) is 18.3. The molecule has 3 aromatic heterocycles. The van der Waals surface area contributed by atoms with E-state index in [9.17, 15) is 9.18 Å². The minimum Gasteiger partial charge on any atom is -0.319 e. The quantitative estimate of drug-likeness (QED) is 0.497. The molecule has 0 saturated carbocycles. The van der Waals surface area contributed by atoms with Crippen molar-refractivity contribution in [1.29, 1.82) is 0 Å². The first-order valence-corrected chi connectivity index (χ1v) is 11.2. The predicted molar refractivity (Wildman–Crippen MR) is 122 cm³/mol. The van der Waals surface area contributed by atoms with Crippen molar-refractivity contribution in [3.8, 4) is 17.2 Å². The first-order chi connectivity index (χ1) is 16.2. The van der Waals surface area contributed by atoms with Crippen LogP contribution < -0.4 is 5.32 Å². The molecule has 5 rings (SSSR count). The van der Waals surface area contributed by atoms with E-state index in [-0.39, 0.29) is 5.69 Å². The summed E-state index contributed by atoms with van der Waals surface area (Å²) in [4.78, 5) is 17.4. The highest BCUT2D eigenvalue weighted by Crippen LogP contribution is 2.27. The third-order valence-electron chi connectivity index (χ3n) is 5.90. The molecule has 168 valence electrons. The SMILES string of the molecule is CCc1c(C(=O)Nc2cc(-c3nnc4n3CCCCC4)ccc2F)cnn1-c1ccccn1. The minimum atomic E-state index is -0.516. The number of aromatic nitrogens is 6. The molecule has 0 radical (unpaired) electrons. The maximum absolute atomic E-state index is 14.7. The molecule has 4 heterocycles. The van der Waals surface area contributed by atoms with Crippen molar-refractivity contribution >= 4 is 11.6 Å². The molecule has 0 spiro atoms. The minimum absolute atomic E-state index is 0.0936. The molecule has 4 aromatic rings. The van der Waals surface area contributed by atoms with E-state index < -0.39 is 11.7 Å². The Labute approximate surface area is 190 Å². The lowest BCUT2D eigenvalue weighted by molar-refractivity contribution is 0.102. The van der Waals surface area contributed by atoms with Gasteiger partial charge in [0.25, 0.3) is 5.91 Å². The second-order valence-electron chi connectivity index (χ2n) is 8.01. The first kappa shape index (κ1) is 21.0. The average Bonchev–Trinajstić information content (AvgIpc) is 3.38. The lowest BCUT2D eigenvalue weighted by Crippen LogP contribution is -2.15. The Bertz CT molecular complexity index is 1300. The molecule has 1 N–H and O–H groups in total. The van der Waals surface area contributed by atoms with Gasteiger partial charge >= 0.3 is 0 Å². The molecule has 8 nitrogen and oxygen atoms in total. The number of anilines is 1. The number of carbonyl (C=O) groups is 1. The summed E-state index contributed by atoms with van der Waals surface area (Å²) in [5.41, 5.74) is 1.89. The Morgan fingerprint density at radius 1 is 1.15 bits per heavy atom. The maximum atomic E-state index is 14.7. The van der Waals surface area contributed by atoms with Gasteiger partial charge in [-0.15, -0.1) is 10.2 Å².